The van der Waals surface area contributed by atoms with Crippen molar-refractivity contribution in [1.29, 1.82) is 0 Å². The van der Waals surface area contributed by atoms with Crippen LogP contribution in [0.3, 0.4) is 0 Å². The third-order valence-corrected chi connectivity index (χ3v) is 3.43. The molecule has 1 heterocycles. The lowest BCUT2D eigenvalue weighted by molar-refractivity contribution is 0.0693. The predicted molar refractivity (Wildman–Crippen MR) is 75.2 cm³/mol. The van der Waals surface area contributed by atoms with Crippen LogP contribution in [-0.4, -0.2) is 15.6 Å². The van der Waals surface area contributed by atoms with E-state index in [0.717, 1.165) is 5.39 Å². The number of hydrogen-bond acceptors (Lipinski definition) is 2. The lowest BCUT2D eigenvalue weighted by atomic mass is 9.93. The largest absolute Gasteiger partial charge is 0.477 e. The van der Waals surface area contributed by atoms with Gasteiger partial charge in [-0.1, -0.05) is 31.5 Å². The molecule has 1 N–H and O–H groups in total. The quantitative estimate of drug-likeness (QED) is 0.919. The highest BCUT2D eigenvalue weighted by Crippen LogP contribution is 2.28. The molecule has 0 bridgehead atoms. The van der Waals surface area contributed by atoms with Gasteiger partial charge in [-0.05, 0) is 23.6 Å². The Labute approximate surface area is 115 Å². The van der Waals surface area contributed by atoms with Gasteiger partial charge in [-0.25, -0.2) is 4.79 Å². The monoisotopic (exact) mass is 279 g/mol. The number of nitrogens with zero attached hydrogens (tertiary/aromatic N) is 1. The number of aryl methyl sites for hydroxylation is 1. The van der Waals surface area contributed by atoms with Crippen molar-refractivity contribution in [2.75, 3.05) is 0 Å². The van der Waals surface area contributed by atoms with Gasteiger partial charge in [0.2, 0.25) is 0 Å². The van der Waals surface area contributed by atoms with Crippen LogP contribution in [0.4, 0.5) is 0 Å². The van der Waals surface area contributed by atoms with E-state index in [1.807, 2.05) is 13.8 Å². The molecule has 0 aliphatic heterocycles. The van der Waals surface area contributed by atoms with Crippen LogP contribution in [0.5, 0.6) is 0 Å². The number of fused-ring (bicyclic) bond motifs is 1. The Hall–Kier alpha value is -1.81. The van der Waals surface area contributed by atoms with Crippen molar-refractivity contribution in [2.24, 2.45) is 7.05 Å². The Bertz CT molecular complexity index is 732. The molecule has 0 aliphatic rings. The smallest absolute Gasteiger partial charge is 0.341 e. The first-order chi connectivity index (χ1) is 8.84. The number of halogens is 1. The van der Waals surface area contributed by atoms with Crippen LogP contribution >= 0.6 is 11.6 Å². The fourth-order valence-corrected chi connectivity index (χ4v) is 2.51. The fourth-order valence-electron chi connectivity index (χ4n) is 2.34. The molecule has 100 valence electrons. The van der Waals surface area contributed by atoms with Crippen LogP contribution in [0, 0.1) is 0 Å². The van der Waals surface area contributed by atoms with Crippen molar-refractivity contribution in [2.45, 2.75) is 19.8 Å². The van der Waals surface area contributed by atoms with Crippen molar-refractivity contribution >= 4 is 28.5 Å². The third kappa shape index (κ3) is 2.12. The fraction of sp³-hybridized carbons (Fsp3) is 0.286. The minimum atomic E-state index is -1.19. The van der Waals surface area contributed by atoms with Crippen LogP contribution in [0.15, 0.2) is 23.0 Å². The first-order valence-corrected chi connectivity index (χ1v) is 6.27. The van der Waals surface area contributed by atoms with Crippen LogP contribution in [-0.2, 0) is 7.05 Å². The van der Waals surface area contributed by atoms with E-state index in [1.54, 1.807) is 25.2 Å². The summed E-state index contributed by atoms with van der Waals surface area (Å²) in [5.41, 5.74) is 0.534. The summed E-state index contributed by atoms with van der Waals surface area (Å²) < 4.78 is 1.33. The molecule has 0 fully saturated rings. The highest BCUT2D eigenvalue weighted by atomic mass is 35.5. The Morgan fingerprint density at radius 3 is 2.53 bits per heavy atom. The van der Waals surface area contributed by atoms with Crippen LogP contribution in [0.2, 0.25) is 5.02 Å². The third-order valence-electron chi connectivity index (χ3n) is 3.19. The lowest BCUT2D eigenvalue weighted by Gasteiger charge is -2.16. The molecule has 0 spiro atoms. The summed E-state index contributed by atoms with van der Waals surface area (Å²) >= 11 is 5.95. The molecule has 0 atom stereocenters. The second-order valence-corrected chi connectivity index (χ2v) is 5.21. The summed E-state index contributed by atoms with van der Waals surface area (Å²) in [5, 5.41) is 10.6. The summed E-state index contributed by atoms with van der Waals surface area (Å²) in [6.07, 6.45) is 0. The normalized spacial score (nSPS) is 11.2. The van der Waals surface area contributed by atoms with Gasteiger partial charge in [0.05, 0.1) is 5.52 Å². The number of aromatic carboxylic acids is 1. The minimum absolute atomic E-state index is 0.0660. The van der Waals surface area contributed by atoms with E-state index in [9.17, 15) is 14.7 Å². The van der Waals surface area contributed by atoms with E-state index in [0.29, 0.717) is 16.1 Å². The maximum Gasteiger partial charge on any atom is 0.341 e. The molecule has 0 aliphatic carbocycles. The van der Waals surface area contributed by atoms with E-state index in [1.165, 1.54) is 4.57 Å². The van der Waals surface area contributed by atoms with Gasteiger partial charge < -0.3 is 9.67 Å². The molecule has 0 saturated heterocycles. The number of aromatic nitrogens is 1. The highest BCUT2D eigenvalue weighted by Gasteiger charge is 2.22. The molecule has 0 unspecified atom stereocenters. The molecular weight excluding hydrogens is 266 g/mol. The molecule has 0 amide bonds. The average molecular weight is 280 g/mol. The van der Waals surface area contributed by atoms with E-state index in [2.05, 4.69) is 0 Å². The zero-order valence-corrected chi connectivity index (χ0v) is 11.7. The second kappa shape index (κ2) is 4.70. The summed E-state index contributed by atoms with van der Waals surface area (Å²) in [4.78, 5) is 23.6. The molecule has 0 saturated carbocycles. The van der Waals surface area contributed by atoms with Crippen molar-refractivity contribution in [3.8, 4) is 0 Å². The summed E-state index contributed by atoms with van der Waals surface area (Å²) in [6.45, 7) is 3.74. The first-order valence-electron chi connectivity index (χ1n) is 5.90. The molecule has 2 aromatic rings. The molecule has 5 heteroatoms. The number of rotatable bonds is 2. The van der Waals surface area contributed by atoms with Crippen LogP contribution in [0.25, 0.3) is 10.9 Å². The molecule has 0 radical (unpaired) electrons. The molecule has 4 nitrogen and oxygen atoms in total. The zero-order chi connectivity index (χ0) is 14.3. The second-order valence-electron chi connectivity index (χ2n) is 4.77. The molecular formula is C14H14ClNO3. The van der Waals surface area contributed by atoms with Gasteiger partial charge in [0.25, 0.3) is 5.56 Å². The summed E-state index contributed by atoms with van der Waals surface area (Å²) in [5.74, 6) is -1.26. The van der Waals surface area contributed by atoms with Gasteiger partial charge in [0.15, 0.2) is 0 Å². The van der Waals surface area contributed by atoms with Gasteiger partial charge >= 0.3 is 5.97 Å². The highest BCUT2D eigenvalue weighted by molar-refractivity contribution is 6.31. The summed E-state index contributed by atoms with van der Waals surface area (Å²) in [7, 11) is 1.55. The van der Waals surface area contributed by atoms with Crippen molar-refractivity contribution in [3.05, 3.63) is 44.7 Å². The van der Waals surface area contributed by atoms with Gasteiger partial charge in [-0.3, -0.25) is 4.79 Å². The van der Waals surface area contributed by atoms with E-state index in [-0.39, 0.29) is 11.5 Å². The Morgan fingerprint density at radius 1 is 1.37 bits per heavy atom. The number of carbonyl (C=O) groups is 1. The SMILES string of the molecule is CC(C)c1c(C(=O)O)c(=O)n(C)c2cc(Cl)ccc12. The number of pyridine rings is 1. The van der Waals surface area contributed by atoms with Crippen molar-refractivity contribution in [1.82, 2.24) is 4.57 Å². The van der Waals surface area contributed by atoms with Crippen LogP contribution < -0.4 is 5.56 Å². The average Bonchev–Trinajstić information content (AvgIpc) is 2.32. The van der Waals surface area contributed by atoms with Gasteiger partial charge in [-0.15, -0.1) is 0 Å². The Morgan fingerprint density at radius 2 is 2.00 bits per heavy atom. The Balaban J connectivity index is 3.09. The van der Waals surface area contributed by atoms with Gasteiger partial charge in [-0.2, -0.15) is 0 Å². The standard InChI is InChI=1S/C14H14ClNO3/c1-7(2)11-9-5-4-8(15)6-10(9)16(3)13(17)12(11)14(18)19/h4-7H,1-3H3,(H,18,19). The number of hydrogen-bond donors (Lipinski definition) is 1. The van der Waals surface area contributed by atoms with Crippen LogP contribution in [0.1, 0.15) is 35.7 Å². The maximum atomic E-state index is 12.2. The van der Waals surface area contributed by atoms with Crippen molar-refractivity contribution < 1.29 is 9.90 Å². The van der Waals surface area contributed by atoms with Gasteiger partial charge in [0, 0.05) is 17.5 Å². The number of carboxylic acid groups (broad SMARTS) is 1. The van der Waals surface area contributed by atoms with E-state index in [4.69, 9.17) is 11.6 Å². The summed E-state index contributed by atoms with van der Waals surface area (Å²) in [6, 6.07) is 5.14. The van der Waals surface area contributed by atoms with E-state index < -0.39 is 11.5 Å². The van der Waals surface area contributed by atoms with E-state index >= 15 is 0 Å². The lowest BCUT2D eigenvalue weighted by Crippen LogP contribution is -2.27. The number of carboxylic acids is 1. The zero-order valence-electron chi connectivity index (χ0n) is 10.9. The maximum absolute atomic E-state index is 12.2. The van der Waals surface area contributed by atoms with Gasteiger partial charge in [0.1, 0.15) is 5.56 Å². The molecule has 1 aromatic heterocycles. The Kier molecular flexibility index (Phi) is 3.37. The molecule has 19 heavy (non-hydrogen) atoms. The first kappa shape index (κ1) is 13.6. The predicted octanol–water partition coefficient (Wildman–Crippen LogP) is 3.01. The number of benzene rings is 1. The minimum Gasteiger partial charge on any atom is -0.477 e. The van der Waals surface area contributed by atoms with Crippen molar-refractivity contribution in [3.63, 3.8) is 0 Å². The molecule has 2 rings (SSSR count). The molecule has 1 aromatic carbocycles. The topological polar surface area (TPSA) is 59.3 Å².